The number of nitrogens with one attached hydrogen (secondary N) is 1. The number of carboxylic acid groups (broad SMARTS) is 1. The molecule has 0 bridgehead atoms. The molecule has 0 aliphatic carbocycles. The summed E-state index contributed by atoms with van der Waals surface area (Å²) in [6.07, 6.45) is 2.11. The van der Waals surface area contributed by atoms with Crippen molar-refractivity contribution in [3.8, 4) is 0 Å². The summed E-state index contributed by atoms with van der Waals surface area (Å²) < 4.78 is 0. The van der Waals surface area contributed by atoms with Crippen molar-refractivity contribution >= 4 is 18.7 Å². The second-order valence-corrected chi connectivity index (χ2v) is 2.93. The van der Waals surface area contributed by atoms with Crippen LogP contribution in [0.25, 0.3) is 0 Å². The highest BCUT2D eigenvalue weighted by atomic mass is 32.1. The second kappa shape index (κ2) is 4.66. The quantitative estimate of drug-likeness (QED) is 0.627. The number of rotatable bonds is 3. The lowest BCUT2D eigenvalue weighted by Crippen LogP contribution is -2.25. The maximum Gasteiger partial charge on any atom is 0.404 e. The van der Waals surface area contributed by atoms with Crippen molar-refractivity contribution in [3.63, 3.8) is 0 Å². The maximum atomic E-state index is 10.1. The minimum atomic E-state index is -1.07. The van der Waals surface area contributed by atoms with Gasteiger partial charge in [0.05, 0.1) is 5.25 Å². The molecule has 2 N–H and O–H groups in total. The first kappa shape index (κ1) is 9.79. The van der Waals surface area contributed by atoms with Gasteiger partial charge in [-0.2, -0.15) is 12.6 Å². The summed E-state index contributed by atoms with van der Waals surface area (Å²) in [4.78, 5) is 18.0. The second-order valence-electron chi connectivity index (χ2n) is 2.31. The average Bonchev–Trinajstić information content (AvgIpc) is 2.15. The third-order valence-corrected chi connectivity index (χ3v) is 1.74. The third-order valence-electron chi connectivity index (χ3n) is 1.33. The first-order chi connectivity index (χ1) is 6.20. The van der Waals surface area contributed by atoms with E-state index in [0.717, 1.165) is 0 Å². The summed E-state index contributed by atoms with van der Waals surface area (Å²) in [5.74, 6) is 0.514. The van der Waals surface area contributed by atoms with Gasteiger partial charge in [-0.05, 0) is 6.07 Å². The Kier molecular flexibility index (Phi) is 3.51. The molecule has 1 heterocycles. The fourth-order valence-electron chi connectivity index (χ4n) is 0.758. The largest absolute Gasteiger partial charge is 0.465 e. The highest BCUT2D eigenvalue weighted by Gasteiger charge is 2.09. The van der Waals surface area contributed by atoms with Crippen LogP contribution in [0.2, 0.25) is 0 Å². The summed E-state index contributed by atoms with van der Waals surface area (Å²) in [5.41, 5.74) is 0. The molecule has 0 saturated heterocycles. The molecule has 13 heavy (non-hydrogen) atoms. The Morgan fingerprint density at radius 3 is 2.77 bits per heavy atom. The number of carbonyl (C=O) groups is 1. The van der Waals surface area contributed by atoms with Gasteiger partial charge in [-0.1, -0.05) is 0 Å². The van der Waals surface area contributed by atoms with Gasteiger partial charge >= 0.3 is 6.09 Å². The van der Waals surface area contributed by atoms with Crippen LogP contribution in [0.1, 0.15) is 11.1 Å². The van der Waals surface area contributed by atoms with Gasteiger partial charge in [-0.15, -0.1) is 0 Å². The Balaban J connectivity index is 2.49. The Morgan fingerprint density at radius 1 is 1.62 bits per heavy atom. The molecule has 6 heteroatoms. The number of nitrogens with zero attached hydrogens (tertiary/aromatic N) is 2. The number of hydrogen-bond acceptors (Lipinski definition) is 4. The van der Waals surface area contributed by atoms with E-state index >= 15 is 0 Å². The van der Waals surface area contributed by atoms with Gasteiger partial charge in [0.25, 0.3) is 0 Å². The van der Waals surface area contributed by atoms with Gasteiger partial charge in [0, 0.05) is 18.9 Å². The highest BCUT2D eigenvalue weighted by molar-refractivity contribution is 7.80. The van der Waals surface area contributed by atoms with Crippen LogP contribution < -0.4 is 5.32 Å². The molecule has 0 aliphatic rings. The van der Waals surface area contributed by atoms with Crippen molar-refractivity contribution < 1.29 is 9.90 Å². The molecular formula is C7H9N3O2S. The molecule has 1 aromatic heterocycles. The lowest BCUT2D eigenvalue weighted by atomic mass is 10.4. The van der Waals surface area contributed by atoms with E-state index in [2.05, 4.69) is 27.9 Å². The molecule has 0 radical (unpaired) electrons. The zero-order valence-corrected chi connectivity index (χ0v) is 7.61. The van der Waals surface area contributed by atoms with E-state index in [1.54, 1.807) is 18.5 Å². The molecule has 70 valence electrons. The topological polar surface area (TPSA) is 75.1 Å². The average molecular weight is 199 g/mol. The predicted octanol–water partition coefficient (Wildman–Crippen LogP) is 0.715. The molecule has 1 unspecified atom stereocenters. The molecule has 5 nitrogen and oxygen atoms in total. The van der Waals surface area contributed by atoms with Crippen molar-refractivity contribution in [2.24, 2.45) is 0 Å². The fraction of sp³-hybridized carbons (Fsp3) is 0.286. The van der Waals surface area contributed by atoms with Crippen molar-refractivity contribution in [1.82, 2.24) is 15.3 Å². The Morgan fingerprint density at radius 2 is 2.23 bits per heavy atom. The van der Waals surface area contributed by atoms with E-state index in [0.29, 0.717) is 5.82 Å². The summed E-state index contributed by atoms with van der Waals surface area (Å²) in [7, 11) is 0. The minimum Gasteiger partial charge on any atom is -0.465 e. The molecule has 1 amide bonds. The molecule has 1 aromatic rings. The standard InChI is InChI=1S/C7H9N3O2S/c11-7(12)10-4-5(13)6-8-2-1-3-9-6/h1-3,5,10,13H,4H2,(H,11,12). The number of aromatic nitrogens is 2. The van der Waals surface area contributed by atoms with E-state index in [-0.39, 0.29) is 11.8 Å². The van der Waals surface area contributed by atoms with Crippen LogP contribution in [-0.2, 0) is 0 Å². The zero-order valence-electron chi connectivity index (χ0n) is 6.71. The van der Waals surface area contributed by atoms with Crippen LogP contribution in [0.15, 0.2) is 18.5 Å². The van der Waals surface area contributed by atoms with E-state index in [9.17, 15) is 4.79 Å². The van der Waals surface area contributed by atoms with Crippen molar-refractivity contribution in [3.05, 3.63) is 24.3 Å². The minimum absolute atomic E-state index is 0.197. The first-order valence-corrected chi connectivity index (χ1v) is 4.13. The van der Waals surface area contributed by atoms with Crippen molar-refractivity contribution in [2.45, 2.75) is 5.25 Å². The molecule has 0 aliphatic heterocycles. The number of thiol groups is 1. The van der Waals surface area contributed by atoms with E-state index in [1.807, 2.05) is 0 Å². The van der Waals surface area contributed by atoms with Crippen LogP contribution in [-0.4, -0.2) is 27.7 Å². The Hall–Kier alpha value is -1.30. The Bertz CT molecular complexity index is 280. The number of amides is 1. The van der Waals surface area contributed by atoms with Crippen LogP contribution in [0.4, 0.5) is 4.79 Å². The summed E-state index contributed by atoms with van der Waals surface area (Å²) in [5, 5.41) is 10.2. The normalized spacial score (nSPS) is 12.1. The van der Waals surface area contributed by atoms with Crippen LogP contribution in [0.3, 0.4) is 0 Å². The van der Waals surface area contributed by atoms with E-state index in [1.165, 1.54) is 0 Å². The van der Waals surface area contributed by atoms with E-state index < -0.39 is 6.09 Å². The molecule has 0 fully saturated rings. The summed E-state index contributed by atoms with van der Waals surface area (Å²) >= 11 is 4.14. The van der Waals surface area contributed by atoms with Gasteiger partial charge in [-0.25, -0.2) is 14.8 Å². The lowest BCUT2D eigenvalue weighted by molar-refractivity contribution is 0.194. The van der Waals surface area contributed by atoms with Gasteiger partial charge in [0.2, 0.25) is 0 Å². The van der Waals surface area contributed by atoms with Crippen LogP contribution in [0.5, 0.6) is 0 Å². The van der Waals surface area contributed by atoms with Gasteiger partial charge in [0.15, 0.2) is 0 Å². The molecule has 1 rings (SSSR count). The monoisotopic (exact) mass is 199 g/mol. The molecule has 0 spiro atoms. The van der Waals surface area contributed by atoms with Crippen molar-refractivity contribution in [2.75, 3.05) is 6.54 Å². The Labute approximate surface area is 80.6 Å². The smallest absolute Gasteiger partial charge is 0.404 e. The van der Waals surface area contributed by atoms with Gasteiger partial charge in [-0.3, -0.25) is 0 Å². The van der Waals surface area contributed by atoms with E-state index in [4.69, 9.17) is 5.11 Å². The number of hydrogen-bond donors (Lipinski definition) is 3. The highest BCUT2D eigenvalue weighted by Crippen LogP contribution is 2.12. The third kappa shape index (κ3) is 3.29. The molecule has 0 aromatic carbocycles. The van der Waals surface area contributed by atoms with Gasteiger partial charge in [0.1, 0.15) is 5.82 Å². The van der Waals surface area contributed by atoms with Crippen LogP contribution in [0, 0.1) is 0 Å². The summed E-state index contributed by atoms with van der Waals surface area (Å²) in [6.45, 7) is 0.197. The fourth-order valence-corrected chi connectivity index (χ4v) is 0.983. The van der Waals surface area contributed by atoms with Crippen molar-refractivity contribution in [1.29, 1.82) is 0 Å². The molecule has 1 atom stereocenters. The lowest BCUT2D eigenvalue weighted by Gasteiger charge is -2.07. The van der Waals surface area contributed by atoms with Gasteiger partial charge < -0.3 is 10.4 Å². The maximum absolute atomic E-state index is 10.1. The zero-order chi connectivity index (χ0) is 9.68. The first-order valence-electron chi connectivity index (χ1n) is 3.62. The van der Waals surface area contributed by atoms with Crippen LogP contribution >= 0.6 is 12.6 Å². The summed E-state index contributed by atoms with van der Waals surface area (Å²) in [6, 6.07) is 1.69. The molecule has 0 saturated carbocycles. The SMILES string of the molecule is O=C(O)NCC(S)c1ncccn1. The molecular weight excluding hydrogens is 190 g/mol. The predicted molar refractivity (Wildman–Crippen MR) is 49.8 cm³/mol.